The molecule has 0 aliphatic carbocycles. The Kier molecular flexibility index (Phi) is 5.45. The molecule has 1 atom stereocenters. The number of carbonyl (C=O) groups excluding carboxylic acids is 3. The minimum absolute atomic E-state index is 0.0515. The maximum absolute atomic E-state index is 13.3. The lowest BCUT2D eigenvalue weighted by Crippen LogP contribution is -2.48. The minimum atomic E-state index is -0.422. The van der Waals surface area contributed by atoms with E-state index < -0.39 is 6.17 Å². The van der Waals surface area contributed by atoms with Crippen LogP contribution < -0.4 is 10.2 Å². The van der Waals surface area contributed by atoms with Crippen molar-refractivity contribution in [2.45, 2.75) is 31.8 Å². The molecule has 5 rings (SSSR count). The quantitative estimate of drug-likeness (QED) is 0.544. The molecule has 2 aliphatic rings. The highest BCUT2D eigenvalue weighted by atomic mass is 32.1. The first-order chi connectivity index (χ1) is 15.6. The molecular weight excluding hydrogens is 424 g/mol. The van der Waals surface area contributed by atoms with Gasteiger partial charge in [0.2, 0.25) is 5.91 Å². The summed E-state index contributed by atoms with van der Waals surface area (Å²) < 4.78 is 0. The zero-order valence-corrected chi connectivity index (χ0v) is 18.2. The van der Waals surface area contributed by atoms with Gasteiger partial charge in [0.1, 0.15) is 6.17 Å². The number of hydrogen-bond acceptors (Lipinski definition) is 5. The van der Waals surface area contributed by atoms with E-state index in [0.29, 0.717) is 34.9 Å². The van der Waals surface area contributed by atoms with Crippen LogP contribution in [-0.4, -0.2) is 34.2 Å². The molecule has 1 aromatic heterocycles. The lowest BCUT2D eigenvalue weighted by Gasteiger charge is -2.41. The summed E-state index contributed by atoms with van der Waals surface area (Å²) in [6, 6.07) is 14.8. The highest BCUT2D eigenvalue weighted by Gasteiger charge is 2.47. The van der Waals surface area contributed by atoms with Gasteiger partial charge >= 0.3 is 0 Å². The largest absolute Gasteiger partial charge is 0.313 e. The van der Waals surface area contributed by atoms with E-state index in [0.717, 1.165) is 24.8 Å². The van der Waals surface area contributed by atoms with Gasteiger partial charge in [-0.25, -0.2) is 4.98 Å². The summed E-state index contributed by atoms with van der Waals surface area (Å²) in [7, 11) is 0. The first-order valence-electron chi connectivity index (χ1n) is 10.7. The number of fused-ring (bicyclic) bond motifs is 5. The van der Waals surface area contributed by atoms with Crippen molar-refractivity contribution in [1.29, 1.82) is 0 Å². The highest BCUT2D eigenvalue weighted by Crippen LogP contribution is 2.45. The molecule has 1 N–H and O–H groups in total. The third-order valence-corrected chi connectivity index (χ3v) is 6.55. The van der Waals surface area contributed by atoms with Crippen LogP contribution in [0, 0.1) is 0 Å². The number of carbonyl (C=O) groups is 3. The Labute approximate surface area is 189 Å². The summed E-state index contributed by atoms with van der Waals surface area (Å²) in [4.78, 5) is 46.1. The molecule has 0 fully saturated rings. The van der Waals surface area contributed by atoms with Gasteiger partial charge in [0.25, 0.3) is 11.8 Å². The summed E-state index contributed by atoms with van der Waals surface area (Å²) in [6.45, 7) is 0.518. The second-order valence-corrected chi connectivity index (χ2v) is 8.74. The van der Waals surface area contributed by atoms with Crippen molar-refractivity contribution in [2.24, 2.45) is 0 Å². The van der Waals surface area contributed by atoms with Crippen molar-refractivity contribution >= 4 is 39.9 Å². The van der Waals surface area contributed by atoms with E-state index in [2.05, 4.69) is 10.3 Å². The number of aromatic nitrogens is 1. The maximum Gasteiger partial charge on any atom is 0.260 e. The Morgan fingerprint density at radius 2 is 1.75 bits per heavy atom. The molecular formula is C24H22N4O3S. The number of rotatable bonds is 7. The summed E-state index contributed by atoms with van der Waals surface area (Å²) in [5.41, 5.74) is 2.72. The van der Waals surface area contributed by atoms with Gasteiger partial charge in [-0.3, -0.25) is 19.3 Å². The first-order valence-corrected chi connectivity index (χ1v) is 11.5. The van der Waals surface area contributed by atoms with Gasteiger partial charge in [-0.05, 0) is 31.0 Å². The Morgan fingerprint density at radius 1 is 0.969 bits per heavy atom. The number of hydrogen-bond donors (Lipinski definition) is 1. The maximum atomic E-state index is 13.3. The van der Waals surface area contributed by atoms with Crippen LogP contribution in [0.25, 0.3) is 0 Å². The second-order valence-electron chi connectivity index (χ2n) is 7.85. The van der Waals surface area contributed by atoms with E-state index in [4.69, 9.17) is 0 Å². The smallest absolute Gasteiger partial charge is 0.260 e. The second kappa shape index (κ2) is 8.55. The zero-order valence-electron chi connectivity index (χ0n) is 17.4. The molecule has 162 valence electrons. The molecule has 0 radical (unpaired) electrons. The molecule has 0 bridgehead atoms. The molecule has 2 aromatic carbocycles. The van der Waals surface area contributed by atoms with Gasteiger partial charge in [-0.2, -0.15) is 0 Å². The third-order valence-electron chi connectivity index (χ3n) is 5.86. The van der Waals surface area contributed by atoms with Crippen molar-refractivity contribution in [3.63, 3.8) is 0 Å². The number of benzene rings is 2. The van der Waals surface area contributed by atoms with Crippen LogP contribution in [-0.2, 0) is 4.79 Å². The number of nitrogens with zero attached hydrogens (tertiary/aromatic N) is 3. The molecule has 2 aliphatic heterocycles. The number of anilines is 2. The number of amides is 3. The van der Waals surface area contributed by atoms with Crippen LogP contribution in [0.5, 0.6) is 0 Å². The van der Waals surface area contributed by atoms with Crippen molar-refractivity contribution in [3.8, 4) is 0 Å². The number of thiazole rings is 1. The normalized spacial score (nSPS) is 16.6. The molecule has 1 unspecified atom stereocenters. The fraction of sp³-hybridized carbons (Fsp3) is 0.250. The van der Waals surface area contributed by atoms with Gasteiger partial charge in [0, 0.05) is 35.7 Å². The average Bonchev–Trinajstić information content (AvgIpc) is 3.42. The van der Waals surface area contributed by atoms with E-state index in [1.54, 1.807) is 22.1 Å². The van der Waals surface area contributed by atoms with Crippen molar-refractivity contribution in [1.82, 2.24) is 9.88 Å². The SMILES string of the molecule is O=C(CCCCCN1C(=O)c2ccccc2N2C(=O)c3ccccc3C12)Nc1nccs1. The summed E-state index contributed by atoms with van der Waals surface area (Å²) in [5, 5.41) is 5.21. The number of unbranched alkanes of at least 4 members (excludes halogenated alkanes) is 2. The average molecular weight is 447 g/mol. The van der Waals surface area contributed by atoms with Gasteiger partial charge in [0.15, 0.2) is 5.13 Å². The fourth-order valence-electron chi connectivity index (χ4n) is 4.41. The van der Waals surface area contributed by atoms with Crippen molar-refractivity contribution in [2.75, 3.05) is 16.8 Å². The fourth-order valence-corrected chi connectivity index (χ4v) is 4.96. The van der Waals surface area contributed by atoms with Gasteiger partial charge in [-0.1, -0.05) is 36.8 Å². The minimum Gasteiger partial charge on any atom is -0.313 e. The monoisotopic (exact) mass is 446 g/mol. The third kappa shape index (κ3) is 3.56. The molecule has 7 nitrogen and oxygen atoms in total. The predicted octanol–water partition coefficient (Wildman–Crippen LogP) is 4.46. The van der Waals surface area contributed by atoms with Crippen LogP contribution >= 0.6 is 11.3 Å². The van der Waals surface area contributed by atoms with Crippen LogP contribution in [0.3, 0.4) is 0 Å². The lowest BCUT2D eigenvalue weighted by molar-refractivity contribution is -0.116. The summed E-state index contributed by atoms with van der Waals surface area (Å²) in [6.07, 6.45) is 3.92. The Hall–Kier alpha value is -3.52. The van der Waals surface area contributed by atoms with E-state index >= 15 is 0 Å². The van der Waals surface area contributed by atoms with E-state index in [-0.39, 0.29) is 17.7 Å². The van der Waals surface area contributed by atoms with Crippen LogP contribution in [0.4, 0.5) is 10.8 Å². The molecule has 0 spiro atoms. The molecule has 3 aromatic rings. The molecule has 32 heavy (non-hydrogen) atoms. The molecule has 0 saturated heterocycles. The lowest BCUT2D eigenvalue weighted by atomic mass is 10.0. The molecule has 8 heteroatoms. The topological polar surface area (TPSA) is 82.6 Å². The molecule has 0 saturated carbocycles. The van der Waals surface area contributed by atoms with E-state index in [1.165, 1.54) is 11.3 Å². The Balaban J connectivity index is 1.28. The van der Waals surface area contributed by atoms with Crippen LogP contribution in [0.1, 0.15) is 58.1 Å². The van der Waals surface area contributed by atoms with Crippen LogP contribution in [0.15, 0.2) is 60.1 Å². The standard InChI is InChI=1S/C24H22N4O3S/c29-20(26-24-25-13-15-32-24)12-2-1-7-14-27-21-16-8-3-4-9-17(16)23(31)28(21)19-11-6-5-10-18(19)22(27)30/h3-6,8-11,13,15,21H,1-2,7,12,14H2,(H,25,26,29). The summed E-state index contributed by atoms with van der Waals surface area (Å²) in [5.74, 6) is -0.188. The highest BCUT2D eigenvalue weighted by molar-refractivity contribution is 7.13. The number of para-hydroxylation sites is 1. The summed E-state index contributed by atoms with van der Waals surface area (Å²) >= 11 is 1.39. The Bertz CT molecular complexity index is 1180. The van der Waals surface area contributed by atoms with Gasteiger partial charge < -0.3 is 10.2 Å². The molecule has 3 amide bonds. The molecule has 3 heterocycles. The zero-order chi connectivity index (χ0) is 22.1. The van der Waals surface area contributed by atoms with Crippen molar-refractivity contribution in [3.05, 3.63) is 76.8 Å². The first kappa shape index (κ1) is 20.4. The van der Waals surface area contributed by atoms with Crippen LogP contribution in [0.2, 0.25) is 0 Å². The van der Waals surface area contributed by atoms with E-state index in [9.17, 15) is 14.4 Å². The Morgan fingerprint density at radius 3 is 2.56 bits per heavy atom. The predicted molar refractivity (Wildman–Crippen MR) is 123 cm³/mol. The van der Waals surface area contributed by atoms with Gasteiger partial charge in [0.05, 0.1) is 11.3 Å². The number of nitrogens with one attached hydrogen (secondary N) is 1. The van der Waals surface area contributed by atoms with Crippen molar-refractivity contribution < 1.29 is 14.4 Å². The van der Waals surface area contributed by atoms with E-state index in [1.807, 2.05) is 47.8 Å². The van der Waals surface area contributed by atoms with Gasteiger partial charge in [-0.15, -0.1) is 11.3 Å².